The molecule has 0 aliphatic carbocycles. The Labute approximate surface area is 136 Å². The first-order chi connectivity index (χ1) is 10.8. The maximum absolute atomic E-state index is 5.92. The van der Waals surface area contributed by atoms with Crippen molar-refractivity contribution in [1.29, 1.82) is 0 Å². The highest BCUT2D eigenvalue weighted by atomic mass is 35.5. The van der Waals surface area contributed by atoms with Crippen LogP contribution < -0.4 is 10.1 Å². The summed E-state index contributed by atoms with van der Waals surface area (Å²) >= 11 is 5.91. The number of ether oxygens (including phenoxy) is 2. The van der Waals surface area contributed by atoms with Gasteiger partial charge in [0.2, 0.25) is 0 Å². The normalized spacial score (nSPS) is 17.4. The molecule has 1 atom stereocenters. The van der Waals surface area contributed by atoms with Crippen LogP contribution in [0.15, 0.2) is 48.5 Å². The van der Waals surface area contributed by atoms with Gasteiger partial charge in [-0.1, -0.05) is 35.9 Å². The van der Waals surface area contributed by atoms with Gasteiger partial charge in [0.05, 0.1) is 11.8 Å². The fourth-order valence-electron chi connectivity index (χ4n) is 2.50. The summed E-state index contributed by atoms with van der Waals surface area (Å²) in [7, 11) is 0. The molecule has 0 aromatic heterocycles. The molecule has 1 aliphatic heterocycles. The van der Waals surface area contributed by atoms with Crippen LogP contribution in [0.3, 0.4) is 0 Å². The van der Waals surface area contributed by atoms with Gasteiger partial charge in [-0.05, 0) is 42.7 Å². The lowest BCUT2D eigenvalue weighted by atomic mass is 10.2. The first-order valence-corrected chi connectivity index (χ1v) is 8.01. The molecule has 1 fully saturated rings. The lowest BCUT2D eigenvalue weighted by Gasteiger charge is -2.15. The molecule has 2 aromatic rings. The lowest BCUT2D eigenvalue weighted by Crippen LogP contribution is -2.16. The van der Waals surface area contributed by atoms with Crippen LogP contribution in [0.1, 0.15) is 18.4 Å². The van der Waals surface area contributed by atoms with E-state index in [2.05, 4.69) is 5.32 Å². The molecule has 116 valence electrons. The molecular formula is C18H20ClNO2. The van der Waals surface area contributed by atoms with Crippen LogP contribution >= 0.6 is 11.6 Å². The number of hydrogen-bond acceptors (Lipinski definition) is 3. The third kappa shape index (κ3) is 4.15. The first kappa shape index (κ1) is 15.2. The van der Waals surface area contributed by atoms with E-state index in [0.717, 1.165) is 42.5 Å². The quantitative estimate of drug-likeness (QED) is 0.850. The van der Waals surface area contributed by atoms with Crippen molar-refractivity contribution < 1.29 is 9.47 Å². The van der Waals surface area contributed by atoms with E-state index in [-0.39, 0.29) is 6.10 Å². The number of benzene rings is 2. The van der Waals surface area contributed by atoms with E-state index in [4.69, 9.17) is 21.1 Å². The van der Waals surface area contributed by atoms with Gasteiger partial charge in [0.15, 0.2) is 0 Å². The second-order valence-electron chi connectivity index (χ2n) is 5.42. The van der Waals surface area contributed by atoms with Crippen molar-refractivity contribution in [3.63, 3.8) is 0 Å². The molecule has 3 nitrogen and oxygen atoms in total. The highest BCUT2D eigenvalue weighted by molar-refractivity contribution is 6.30. The summed E-state index contributed by atoms with van der Waals surface area (Å²) in [5.74, 6) is 0.868. The molecule has 1 aliphatic rings. The van der Waals surface area contributed by atoms with Crippen molar-refractivity contribution in [1.82, 2.24) is 0 Å². The Morgan fingerprint density at radius 2 is 1.95 bits per heavy atom. The van der Waals surface area contributed by atoms with Crippen molar-refractivity contribution in [3.8, 4) is 5.75 Å². The molecule has 4 heteroatoms. The van der Waals surface area contributed by atoms with Gasteiger partial charge in [0, 0.05) is 18.2 Å². The lowest BCUT2D eigenvalue weighted by molar-refractivity contribution is 0.0682. The fraction of sp³-hybridized carbons (Fsp3) is 0.333. The molecular weight excluding hydrogens is 298 g/mol. The third-order valence-electron chi connectivity index (χ3n) is 3.73. The number of rotatable bonds is 6. The second kappa shape index (κ2) is 7.52. The number of nitrogens with one attached hydrogen (secondary N) is 1. The van der Waals surface area contributed by atoms with Gasteiger partial charge in [0.1, 0.15) is 12.4 Å². The summed E-state index contributed by atoms with van der Waals surface area (Å²) in [5.41, 5.74) is 2.17. The van der Waals surface area contributed by atoms with Gasteiger partial charge in [-0.15, -0.1) is 0 Å². The zero-order valence-electron chi connectivity index (χ0n) is 12.4. The Balaban J connectivity index is 1.59. The van der Waals surface area contributed by atoms with Crippen LogP contribution in [0.25, 0.3) is 0 Å². The monoisotopic (exact) mass is 317 g/mol. The highest BCUT2D eigenvalue weighted by Gasteiger charge is 2.16. The summed E-state index contributed by atoms with van der Waals surface area (Å²) in [6, 6.07) is 15.8. The number of halogens is 1. The molecule has 1 saturated heterocycles. The average Bonchev–Trinajstić information content (AvgIpc) is 3.07. The van der Waals surface area contributed by atoms with Crippen molar-refractivity contribution in [3.05, 3.63) is 59.1 Å². The Morgan fingerprint density at radius 3 is 2.73 bits per heavy atom. The smallest absolute Gasteiger partial charge is 0.142 e. The molecule has 0 saturated carbocycles. The minimum absolute atomic E-state index is 0.226. The standard InChI is InChI=1S/C18H20ClNO2/c19-15-9-7-14(8-10-15)12-20-17-5-1-2-6-18(17)22-13-16-4-3-11-21-16/h1-2,5-10,16,20H,3-4,11-13H2. The van der Waals surface area contributed by atoms with Crippen LogP contribution in [-0.4, -0.2) is 19.3 Å². The highest BCUT2D eigenvalue weighted by Crippen LogP contribution is 2.25. The Bertz CT molecular complexity index is 594. The number of hydrogen-bond donors (Lipinski definition) is 1. The summed E-state index contributed by atoms with van der Waals surface area (Å²) in [4.78, 5) is 0. The fourth-order valence-corrected chi connectivity index (χ4v) is 2.62. The molecule has 0 bridgehead atoms. The molecule has 2 aromatic carbocycles. The van der Waals surface area contributed by atoms with Crippen molar-refractivity contribution in [2.45, 2.75) is 25.5 Å². The van der Waals surface area contributed by atoms with Crippen molar-refractivity contribution in [2.75, 3.05) is 18.5 Å². The second-order valence-corrected chi connectivity index (χ2v) is 5.86. The minimum atomic E-state index is 0.226. The van der Waals surface area contributed by atoms with Crippen LogP contribution in [0.2, 0.25) is 5.02 Å². The van der Waals surface area contributed by atoms with Gasteiger partial charge < -0.3 is 14.8 Å². The zero-order valence-corrected chi connectivity index (χ0v) is 13.2. The van der Waals surface area contributed by atoms with Gasteiger partial charge >= 0.3 is 0 Å². The Morgan fingerprint density at radius 1 is 1.14 bits per heavy atom. The molecule has 0 spiro atoms. The van der Waals surface area contributed by atoms with Gasteiger partial charge in [-0.25, -0.2) is 0 Å². The van der Waals surface area contributed by atoms with Crippen LogP contribution in [0.4, 0.5) is 5.69 Å². The number of para-hydroxylation sites is 2. The van der Waals surface area contributed by atoms with Crippen molar-refractivity contribution >= 4 is 17.3 Å². The molecule has 1 unspecified atom stereocenters. The maximum atomic E-state index is 5.92. The van der Waals surface area contributed by atoms with Gasteiger partial charge in [0.25, 0.3) is 0 Å². The van der Waals surface area contributed by atoms with Crippen LogP contribution in [0, 0.1) is 0 Å². The van der Waals surface area contributed by atoms with Crippen LogP contribution in [-0.2, 0) is 11.3 Å². The maximum Gasteiger partial charge on any atom is 0.142 e. The molecule has 1 heterocycles. The van der Waals surface area contributed by atoms with E-state index in [1.807, 2.05) is 48.5 Å². The predicted molar refractivity (Wildman–Crippen MR) is 89.7 cm³/mol. The SMILES string of the molecule is Clc1ccc(CNc2ccccc2OCC2CCCO2)cc1. The van der Waals surface area contributed by atoms with E-state index >= 15 is 0 Å². The zero-order chi connectivity index (χ0) is 15.2. The van der Waals surface area contributed by atoms with E-state index in [9.17, 15) is 0 Å². The largest absolute Gasteiger partial charge is 0.489 e. The first-order valence-electron chi connectivity index (χ1n) is 7.63. The summed E-state index contributed by atoms with van der Waals surface area (Å²) in [6.07, 6.45) is 2.44. The minimum Gasteiger partial charge on any atom is -0.489 e. The summed E-state index contributed by atoms with van der Waals surface area (Å²) in [5, 5.41) is 4.17. The average molecular weight is 318 g/mol. The Hall–Kier alpha value is -1.71. The van der Waals surface area contributed by atoms with E-state index in [0.29, 0.717) is 6.61 Å². The summed E-state index contributed by atoms with van der Waals surface area (Å²) in [6.45, 7) is 2.20. The van der Waals surface area contributed by atoms with Gasteiger partial charge in [-0.2, -0.15) is 0 Å². The van der Waals surface area contributed by atoms with E-state index in [1.54, 1.807) is 0 Å². The van der Waals surface area contributed by atoms with Crippen molar-refractivity contribution in [2.24, 2.45) is 0 Å². The van der Waals surface area contributed by atoms with E-state index < -0.39 is 0 Å². The summed E-state index contributed by atoms with van der Waals surface area (Å²) < 4.78 is 11.5. The molecule has 1 N–H and O–H groups in total. The molecule has 0 amide bonds. The Kier molecular flexibility index (Phi) is 5.20. The van der Waals surface area contributed by atoms with Gasteiger partial charge in [-0.3, -0.25) is 0 Å². The third-order valence-corrected chi connectivity index (χ3v) is 3.98. The van der Waals surface area contributed by atoms with E-state index in [1.165, 1.54) is 5.56 Å². The molecule has 3 rings (SSSR count). The molecule has 0 radical (unpaired) electrons. The topological polar surface area (TPSA) is 30.5 Å². The number of anilines is 1. The van der Waals surface area contributed by atoms with Crippen LogP contribution in [0.5, 0.6) is 5.75 Å². The predicted octanol–water partition coefficient (Wildman–Crippen LogP) is 4.51. The molecule has 22 heavy (non-hydrogen) atoms.